The van der Waals surface area contributed by atoms with Crippen LogP contribution in [0.3, 0.4) is 0 Å². The second kappa shape index (κ2) is 14.1. The van der Waals surface area contributed by atoms with Crippen LogP contribution in [-0.4, -0.2) is 28.7 Å². The number of non-ortho nitro benzene ring substituents is 1. The molecule has 0 atom stereocenters. The van der Waals surface area contributed by atoms with E-state index in [0.717, 1.165) is 33.8 Å². The molecule has 9 heteroatoms. The molecule has 5 aromatic carbocycles. The van der Waals surface area contributed by atoms with E-state index in [-0.39, 0.29) is 18.2 Å². The number of hydrogen-bond donors (Lipinski definition) is 1. The van der Waals surface area contributed by atoms with Gasteiger partial charge in [-0.3, -0.25) is 14.9 Å². The molecule has 0 spiro atoms. The number of carbonyl (C=O) groups excluding carboxylic acids is 1. The molecule has 1 amide bonds. The Balaban J connectivity index is 1.13. The number of carbonyl (C=O) groups is 1. The van der Waals surface area contributed by atoms with Gasteiger partial charge in [0.25, 0.3) is 11.6 Å². The molecule has 9 nitrogen and oxygen atoms in total. The first-order chi connectivity index (χ1) is 23.0. The van der Waals surface area contributed by atoms with Crippen molar-refractivity contribution in [2.45, 2.75) is 6.61 Å². The van der Waals surface area contributed by atoms with Crippen LogP contribution in [0.25, 0.3) is 28.2 Å². The lowest BCUT2D eigenvalue weighted by atomic mass is 10.1. The van der Waals surface area contributed by atoms with Crippen molar-refractivity contribution in [1.29, 1.82) is 0 Å². The van der Waals surface area contributed by atoms with E-state index in [1.54, 1.807) is 42.5 Å². The average molecular weight is 623 g/mol. The van der Waals surface area contributed by atoms with Gasteiger partial charge in [0.1, 0.15) is 6.61 Å². The first-order valence-electron chi connectivity index (χ1n) is 14.8. The van der Waals surface area contributed by atoms with Gasteiger partial charge in [-0.2, -0.15) is 5.10 Å². The van der Waals surface area contributed by atoms with Crippen molar-refractivity contribution in [2.75, 3.05) is 7.11 Å². The van der Waals surface area contributed by atoms with Crippen molar-refractivity contribution in [3.05, 3.63) is 166 Å². The maximum absolute atomic E-state index is 13.0. The van der Waals surface area contributed by atoms with Crippen LogP contribution in [-0.2, 0) is 6.61 Å². The number of nitrogens with zero attached hydrogens (tertiary/aromatic N) is 3. The molecule has 1 aromatic heterocycles. The minimum absolute atomic E-state index is 0.0193. The summed E-state index contributed by atoms with van der Waals surface area (Å²) in [6.45, 7) is 0.210. The monoisotopic (exact) mass is 622 g/mol. The van der Waals surface area contributed by atoms with Crippen LogP contribution < -0.4 is 14.9 Å². The molecule has 0 saturated heterocycles. The molecule has 47 heavy (non-hydrogen) atoms. The van der Waals surface area contributed by atoms with Crippen LogP contribution in [0.1, 0.15) is 21.5 Å². The van der Waals surface area contributed by atoms with Crippen molar-refractivity contribution in [2.24, 2.45) is 5.10 Å². The van der Waals surface area contributed by atoms with Gasteiger partial charge in [0.05, 0.1) is 29.6 Å². The Labute approximate surface area is 271 Å². The molecule has 0 fully saturated rings. The second-order valence-electron chi connectivity index (χ2n) is 10.5. The predicted molar refractivity (Wildman–Crippen MR) is 182 cm³/mol. The fraction of sp³-hybridized carbons (Fsp3) is 0.0526. The van der Waals surface area contributed by atoms with Crippen LogP contribution >= 0.6 is 0 Å². The molecule has 0 radical (unpaired) electrons. The molecular formula is C38H30N4O5. The van der Waals surface area contributed by atoms with Gasteiger partial charge in [-0.25, -0.2) is 5.43 Å². The highest BCUT2D eigenvalue weighted by Crippen LogP contribution is 2.33. The fourth-order valence-electron chi connectivity index (χ4n) is 5.13. The number of methoxy groups -OCH3 is 1. The maximum atomic E-state index is 13.0. The van der Waals surface area contributed by atoms with E-state index in [1.165, 1.54) is 25.5 Å². The van der Waals surface area contributed by atoms with Gasteiger partial charge < -0.3 is 14.0 Å². The number of ether oxygens (including phenoxy) is 2. The second-order valence-corrected chi connectivity index (χ2v) is 10.5. The first kappa shape index (κ1) is 30.5. The zero-order valence-electron chi connectivity index (χ0n) is 25.4. The minimum atomic E-state index is -0.444. The normalized spacial score (nSPS) is 10.9. The smallest absolute Gasteiger partial charge is 0.271 e. The lowest BCUT2D eigenvalue weighted by Crippen LogP contribution is -2.17. The summed E-state index contributed by atoms with van der Waals surface area (Å²) in [6, 6.07) is 43.5. The number of amides is 1. The number of rotatable bonds is 11. The number of nitrogens with one attached hydrogen (secondary N) is 1. The zero-order valence-corrected chi connectivity index (χ0v) is 25.4. The Morgan fingerprint density at radius 3 is 1.98 bits per heavy atom. The van der Waals surface area contributed by atoms with Crippen LogP contribution in [0.4, 0.5) is 5.69 Å². The van der Waals surface area contributed by atoms with Gasteiger partial charge in [-0.05, 0) is 89.0 Å². The highest BCUT2D eigenvalue weighted by atomic mass is 16.6. The molecule has 1 N–H and O–H groups in total. The van der Waals surface area contributed by atoms with E-state index in [2.05, 4.69) is 51.5 Å². The van der Waals surface area contributed by atoms with E-state index >= 15 is 0 Å². The topological polar surface area (TPSA) is 108 Å². The molecule has 6 rings (SSSR count). The number of benzene rings is 5. The summed E-state index contributed by atoms with van der Waals surface area (Å²) in [5.74, 6) is 0.634. The highest BCUT2D eigenvalue weighted by Gasteiger charge is 2.15. The summed E-state index contributed by atoms with van der Waals surface area (Å²) in [5, 5.41) is 15.0. The number of nitro groups is 1. The van der Waals surface area contributed by atoms with Crippen LogP contribution in [0, 0.1) is 10.1 Å². The summed E-state index contributed by atoms with van der Waals surface area (Å²) in [6.07, 6.45) is 1.52. The van der Waals surface area contributed by atoms with Gasteiger partial charge >= 0.3 is 0 Å². The first-order valence-corrected chi connectivity index (χ1v) is 14.8. The Kier molecular flexibility index (Phi) is 9.15. The molecule has 1 heterocycles. The number of nitro benzene ring substituents is 1. The van der Waals surface area contributed by atoms with Gasteiger partial charge in [0.2, 0.25) is 0 Å². The SMILES string of the molecule is COc1cc(C=NNC(=O)c2ccc(-n3c(-c4ccccc4)ccc3-c3ccccc3)cc2)ccc1OCc1ccc([N+](=O)[O-])cc1. The van der Waals surface area contributed by atoms with E-state index in [1.807, 2.05) is 48.5 Å². The zero-order chi connectivity index (χ0) is 32.6. The van der Waals surface area contributed by atoms with E-state index < -0.39 is 4.92 Å². The third kappa shape index (κ3) is 7.10. The molecule has 6 aromatic rings. The molecule has 0 bridgehead atoms. The quantitative estimate of drug-likeness (QED) is 0.0893. The summed E-state index contributed by atoms with van der Waals surface area (Å²) < 4.78 is 13.5. The Bertz CT molecular complexity index is 1960. The maximum Gasteiger partial charge on any atom is 0.271 e. The molecule has 0 aliphatic carbocycles. The van der Waals surface area contributed by atoms with Crippen molar-refractivity contribution >= 4 is 17.8 Å². The largest absolute Gasteiger partial charge is 0.493 e. The summed E-state index contributed by atoms with van der Waals surface area (Å²) in [5.41, 5.74) is 9.74. The van der Waals surface area contributed by atoms with Crippen molar-refractivity contribution < 1.29 is 19.2 Å². The minimum Gasteiger partial charge on any atom is -0.493 e. The molecule has 232 valence electrons. The number of hydrogen-bond acceptors (Lipinski definition) is 6. The van der Waals surface area contributed by atoms with Crippen LogP contribution in [0.2, 0.25) is 0 Å². The van der Waals surface area contributed by atoms with Crippen LogP contribution in [0.5, 0.6) is 11.5 Å². The van der Waals surface area contributed by atoms with Crippen molar-refractivity contribution in [1.82, 2.24) is 9.99 Å². The van der Waals surface area contributed by atoms with Gasteiger partial charge in [-0.1, -0.05) is 60.7 Å². The van der Waals surface area contributed by atoms with E-state index in [9.17, 15) is 14.9 Å². The Hall–Kier alpha value is -6.48. The summed E-state index contributed by atoms with van der Waals surface area (Å²) >= 11 is 0. The summed E-state index contributed by atoms with van der Waals surface area (Å²) in [7, 11) is 1.53. The average Bonchev–Trinajstić information content (AvgIpc) is 3.57. The Morgan fingerprint density at radius 2 is 1.40 bits per heavy atom. The number of aromatic nitrogens is 1. The Morgan fingerprint density at radius 1 is 0.787 bits per heavy atom. The van der Waals surface area contributed by atoms with Crippen LogP contribution in [0.15, 0.2) is 145 Å². The molecular weight excluding hydrogens is 592 g/mol. The molecule has 0 aliphatic heterocycles. The summed E-state index contributed by atoms with van der Waals surface area (Å²) in [4.78, 5) is 23.4. The van der Waals surface area contributed by atoms with Gasteiger partial charge in [0.15, 0.2) is 11.5 Å². The number of hydrazone groups is 1. The predicted octanol–water partition coefficient (Wildman–Crippen LogP) is 8.07. The lowest BCUT2D eigenvalue weighted by Gasteiger charge is -2.15. The molecule has 0 unspecified atom stereocenters. The van der Waals surface area contributed by atoms with E-state index in [0.29, 0.717) is 22.6 Å². The van der Waals surface area contributed by atoms with Gasteiger partial charge in [0, 0.05) is 23.4 Å². The van der Waals surface area contributed by atoms with Crippen molar-refractivity contribution in [3.63, 3.8) is 0 Å². The highest BCUT2D eigenvalue weighted by molar-refractivity contribution is 5.95. The van der Waals surface area contributed by atoms with Gasteiger partial charge in [-0.15, -0.1) is 0 Å². The third-order valence-electron chi connectivity index (χ3n) is 7.52. The molecule has 0 aliphatic rings. The molecule has 0 saturated carbocycles. The fourth-order valence-corrected chi connectivity index (χ4v) is 5.13. The van der Waals surface area contributed by atoms with E-state index in [4.69, 9.17) is 9.47 Å². The third-order valence-corrected chi connectivity index (χ3v) is 7.52. The lowest BCUT2D eigenvalue weighted by molar-refractivity contribution is -0.384. The van der Waals surface area contributed by atoms with Crippen molar-refractivity contribution in [3.8, 4) is 39.7 Å². The standard InChI is InChI=1S/C38H30N4O5/c1-46-37-24-28(14-23-36(37)47-26-27-12-17-33(18-13-27)42(44)45)25-39-40-38(43)31-15-19-32(20-16-31)41-34(29-8-4-2-5-9-29)21-22-35(41)30-10-6-3-7-11-30/h2-25H,26H2,1H3,(H,40,43).